The molecule has 7 nitrogen and oxygen atoms in total. The molecule has 0 fully saturated rings. The Labute approximate surface area is 169 Å². The zero-order valence-corrected chi connectivity index (χ0v) is 17.0. The van der Waals surface area contributed by atoms with Gasteiger partial charge in [-0.1, -0.05) is 19.9 Å². The minimum Gasteiger partial charge on any atom is -0.497 e. The SMILES string of the molecule is COc1cccc(C(=O)NC(=S)Nc2ccc(NC(=O)C(C)C)c(OC)c2)c1. The zero-order chi connectivity index (χ0) is 20.7. The highest BCUT2D eigenvalue weighted by atomic mass is 32.1. The Hall–Kier alpha value is -3.13. The second-order valence-electron chi connectivity index (χ2n) is 6.20. The highest BCUT2D eigenvalue weighted by Crippen LogP contribution is 2.28. The molecule has 2 amide bonds. The van der Waals surface area contributed by atoms with Crippen molar-refractivity contribution in [1.82, 2.24) is 5.32 Å². The number of nitrogens with one attached hydrogen (secondary N) is 3. The molecule has 0 aliphatic carbocycles. The van der Waals surface area contributed by atoms with Gasteiger partial charge in [-0.15, -0.1) is 0 Å². The standard InChI is InChI=1S/C20H23N3O4S/c1-12(2)18(24)22-16-9-8-14(11-17(16)27-4)21-20(28)23-19(25)13-6-5-7-15(10-13)26-3/h5-12H,1-4H3,(H,22,24)(H2,21,23,25,28). The van der Waals surface area contributed by atoms with Gasteiger partial charge in [0, 0.05) is 23.2 Å². The van der Waals surface area contributed by atoms with Crippen LogP contribution in [0.2, 0.25) is 0 Å². The van der Waals surface area contributed by atoms with E-state index < -0.39 is 0 Å². The Balaban J connectivity index is 2.04. The van der Waals surface area contributed by atoms with Gasteiger partial charge >= 0.3 is 0 Å². The van der Waals surface area contributed by atoms with Crippen molar-refractivity contribution in [2.45, 2.75) is 13.8 Å². The van der Waals surface area contributed by atoms with Crippen LogP contribution < -0.4 is 25.4 Å². The smallest absolute Gasteiger partial charge is 0.257 e. The van der Waals surface area contributed by atoms with Gasteiger partial charge in [0.1, 0.15) is 11.5 Å². The number of ether oxygens (including phenoxy) is 2. The number of methoxy groups -OCH3 is 2. The van der Waals surface area contributed by atoms with Crippen molar-refractivity contribution in [3.05, 3.63) is 48.0 Å². The average Bonchev–Trinajstić information content (AvgIpc) is 2.68. The molecule has 0 aromatic heterocycles. The van der Waals surface area contributed by atoms with Crippen molar-refractivity contribution < 1.29 is 19.1 Å². The molecule has 0 heterocycles. The summed E-state index contributed by atoms with van der Waals surface area (Å²) in [6, 6.07) is 11.9. The van der Waals surface area contributed by atoms with E-state index in [2.05, 4.69) is 16.0 Å². The minimum absolute atomic E-state index is 0.111. The Morgan fingerprint density at radius 1 is 1.00 bits per heavy atom. The van der Waals surface area contributed by atoms with Crippen LogP contribution in [0.3, 0.4) is 0 Å². The van der Waals surface area contributed by atoms with Crippen molar-refractivity contribution in [3.63, 3.8) is 0 Å². The molecule has 0 spiro atoms. The van der Waals surface area contributed by atoms with E-state index in [1.54, 1.807) is 56.3 Å². The number of carbonyl (C=O) groups is 2. The molecule has 8 heteroatoms. The highest BCUT2D eigenvalue weighted by Gasteiger charge is 2.13. The molecule has 0 saturated carbocycles. The van der Waals surface area contributed by atoms with Gasteiger partial charge in [0.15, 0.2) is 5.11 Å². The van der Waals surface area contributed by atoms with E-state index in [0.29, 0.717) is 28.4 Å². The van der Waals surface area contributed by atoms with Crippen LogP contribution in [-0.2, 0) is 4.79 Å². The average molecular weight is 401 g/mol. The molecule has 0 radical (unpaired) electrons. The van der Waals surface area contributed by atoms with Gasteiger partial charge in [-0.3, -0.25) is 14.9 Å². The van der Waals surface area contributed by atoms with Gasteiger partial charge in [0.2, 0.25) is 5.91 Å². The van der Waals surface area contributed by atoms with Crippen LogP contribution in [0.4, 0.5) is 11.4 Å². The van der Waals surface area contributed by atoms with Crippen LogP contribution in [0.25, 0.3) is 0 Å². The third-order valence-electron chi connectivity index (χ3n) is 3.80. The summed E-state index contributed by atoms with van der Waals surface area (Å²) in [5, 5.41) is 8.47. The zero-order valence-electron chi connectivity index (χ0n) is 16.2. The number of benzene rings is 2. The van der Waals surface area contributed by atoms with Crippen LogP contribution in [-0.4, -0.2) is 31.1 Å². The van der Waals surface area contributed by atoms with Crippen molar-refractivity contribution in [3.8, 4) is 11.5 Å². The van der Waals surface area contributed by atoms with Gasteiger partial charge in [-0.05, 0) is 42.5 Å². The van der Waals surface area contributed by atoms with Crippen LogP contribution in [0.5, 0.6) is 11.5 Å². The van der Waals surface area contributed by atoms with E-state index in [0.717, 1.165) is 0 Å². The normalized spacial score (nSPS) is 10.2. The maximum Gasteiger partial charge on any atom is 0.257 e. The summed E-state index contributed by atoms with van der Waals surface area (Å²) < 4.78 is 10.4. The van der Waals surface area contributed by atoms with Gasteiger partial charge in [-0.25, -0.2) is 0 Å². The van der Waals surface area contributed by atoms with Crippen molar-refractivity contribution in [2.75, 3.05) is 24.9 Å². The van der Waals surface area contributed by atoms with Gasteiger partial charge in [0.25, 0.3) is 5.91 Å². The Morgan fingerprint density at radius 2 is 1.75 bits per heavy atom. The first-order chi connectivity index (χ1) is 13.3. The van der Waals surface area contributed by atoms with E-state index in [4.69, 9.17) is 21.7 Å². The first-order valence-electron chi connectivity index (χ1n) is 8.59. The van der Waals surface area contributed by atoms with Crippen molar-refractivity contribution >= 4 is 40.5 Å². The lowest BCUT2D eigenvalue weighted by Crippen LogP contribution is -2.34. The fourth-order valence-electron chi connectivity index (χ4n) is 2.25. The molecule has 2 aromatic carbocycles. The second-order valence-corrected chi connectivity index (χ2v) is 6.61. The Bertz CT molecular complexity index is 884. The highest BCUT2D eigenvalue weighted by molar-refractivity contribution is 7.80. The van der Waals surface area contributed by atoms with Crippen LogP contribution >= 0.6 is 12.2 Å². The molecule has 148 valence electrons. The lowest BCUT2D eigenvalue weighted by Gasteiger charge is -2.15. The summed E-state index contributed by atoms with van der Waals surface area (Å²) in [5.74, 6) is 0.433. The molecule has 0 saturated heterocycles. The largest absolute Gasteiger partial charge is 0.497 e. The topological polar surface area (TPSA) is 88.7 Å². The van der Waals surface area contributed by atoms with E-state index in [-0.39, 0.29) is 22.8 Å². The van der Waals surface area contributed by atoms with Crippen molar-refractivity contribution in [1.29, 1.82) is 0 Å². The Morgan fingerprint density at radius 3 is 2.39 bits per heavy atom. The molecule has 3 N–H and O–H groups in total. The van der Waals surface area contributed by atoms with Crippen LogP contribution in [0, 0.1) is 5.92 Å². The predicted molar refractivity (Wildman–Crippen MR) is 113 cm³/mol. The first kappa shape index (κ1) is 21.2. The summed E-state index contributed by atoms with van der Waals surface area (Å²) in [7, 11) is 3.04. The van der Waals surface area contributed by atoms with Gasteiger partial charge < -0.3 is 20.1 Å². The van der Waals surface area contributed by atoms with Crippen LogP contribution in [0.15, 0.2) is 42.5 Å². The molecule has 0 atom stereocenters. The number of amides is 2. The number of anilines is 2. The molecule has 0 bridgehead atoms. The molecule has 0 aliphatic rings. The van der Waals surface area contributed by atoms with Gasteiger partial charge in [0.05, 0.1) is 19.9 Å². The Kier molecular flexibility index (Phi) is 7.34. The monoisotopic (exact) mass is 401 g/mol. The second kappa shape index (κ2) is 9.70. The maximum absolute atomic E-state index is 12.3. The summed E-state index contributed by atoms with van der Waals surface area (Å²) >= 11 is 5.21. The molecule has 2 aromatic rings. The number of thiocarbonyl (C=S) groups is 1. The quantitative estimate of drug-likeness (QED) is 0.643. The van der Waals surface area contributed by atoms with Gasteiger partial charge in [-0.2, -0.15) is 0 Å². The number of hydrogen-bond acceptors (Lipinski definition) is 5. The fraction of sp³-hybridized carbons (Fsp3) is 0.250. The van der Waals surface area contributed by atoms with Crippen molar-refractivity contribution in [2.24, 2.45) is 5.92 Å². The van der Waals surface area contributed by atoms with Crippen LogP contribution in [0.1, 0.15) is 24.2 Å². The molecule has 0 unspecified atom stereocenters. The molecule has 28 heavy (non-hydrogen) atoms. The molecular weight excluding hydrogens is 378 g/mol. The molecule has 0 aliphatic heterocycles. The fourth-order valence-corrected chi connectivity index (χ4v) is 2.46. The molecule has 2 rings (SSSR count). The number of rotatable bonds is 6. The van der Waals surface area contributed by atoms with E-state index >= 15 is 0 Å². The first-order valence-corrected chi connectivity index (χ1v) is 9.00. The summed E-state index contributed by atoms with van der Waals surface area (Å²) in [5.41, 5.74) is 1.58. The molecular formula is C20H23N3O4S. The summed E-state index contributed by atoms with van der Waals surface area (Å²) in [6.07, 6.45) is 0. The third kappa shape index (κ3) is 5.68. The summed E-state index contributed by atoms with van der Waals surface area (Å²) in [6.45, 7) is 3.61. The third-order valence-corrected chi connectivity index (χ3v) is 4.00. The lowest BCUT2D eigenvalue weighted by atomic mass is 10.2. The number of carbonyl (C=O) groups excluding carboxylic acids is 2. The summed E-state index contributed by atoms with van der Waals surface area (Å²) in [4.78, 5) is 24.2. The van der Waals surface area contributed by atoms with E-state index in [1.807, 2.05) is 0 Å². The predicted octanol–water partition coefficient (Wildman–Crippen LogP) is 3.43. The minimum atomic E-state index is -0.357. The van der Waals surface area contributed by atoms with E-state index in [1.165, 1.54) is 14.2 Å². The maximum atomic E-state index is 12.3. The number of hydrogen-bond donors (Lipinski definition) is 3. The lowest BCUT2D eigenvalue weighted by molar-refractivity contribution is -0.118. The van der Waals surface area contributed by atoms with E-state index in [9.17, 15) is 9.59 Å².